The summed E-state index contributed by atoms with van der Waals surface area (Å²) in [5.74, 6) is 0.610. The highest BCUT2D eigenvalue weighted by molar-refractivity contribution is 6.28. The van der Waals surface area contributed by atoms with Crippen LogP contribution in [0.3, 0.4) is 0 Å². The molecule has 0 saturated carbocycles. The highest BCUT2D eigenvalue weighted by Crippen LogP contribution is 2.25. The Morgan fingerprint density at radius 2 is 2.20 bits per heavy atom. The molecular formula is C10H14ClN3O. The molecule has 0 aromatic carbocycles. The summed E-state index contributed by atoms with van der Waals surface area (Å²) >= 11 is 5.83. The van der Waals surface area contributed by atoms with Crippen LogP contribution in [-0.2, 0) is 13.0 Å². The molecule has 4 nitrogen and oxygen atoms in total. The maximum absolute atomic E-state index is 5.83. The summed E-state index contributed by atoms with van der Waals surface area (Å²) in [5, 5.41) is 0.273. The van der Waals surface area contributed by atoms with E-state index >= 15 is 0 Å². The van der Waals surface area contributed by atoms with Crippen molar-refractivity contribution in [2.75, 3.05) is 20.7 Å². The molecule has 1 aliphatic heterocycles. The van der Waals surface area contributed by atoms with Gasteiger partial charge in [-0.25, -0.2) is 4.98 Å². The highest BCUT2D eigenvalue weighted by atomic mass is 35.5. The Hall–Kier alpha value is -0.870. The number of aromatic nitrogens is 2. The number of fused-ring (bicyclic) bond motifs is 1. The fourth-order valence-electron chi connectivity index (χ4n) is 1.88. The molecule has 2 rings (SSSR count). The SMILES string of the molecule is COc1nc(Cl)nc2c1CN(C)CCC2. The zero-order valence-corrected chi connectivity index (χ0v) is 9.71. The van der Waals surface area contributed by atoms with Gasteiger partial charge in [-0.2, -0.15) is 4.98 Å². The van der Waals surface area contributed by atoms with Crippen LogP contribution < -0.4 is 4.74 Å². The summed E-state index contributed by atoms with van der Waals surface area (Å²) in [6, 6.07) is 0. The van der Waals surface area contributed by atoms with Crippen molar-refractivity contribution in [3.05, 3.63) is 16.5 Å². The number of aryl methyl sites for hydroxylation is 1. The minimum atomic E-state index is 0.273. The van der Waals surface area contributed by atoms with E-state index in [0.29, 0.717) is 5.88 Å². The number of rotatable bonds is 1. The summed E-state index contributed by atoms with van der Waals surface area (Å²) in [4.78, 5) is 10.6. The molecule has 15 heavy (non-hydrogen) atoms. The Labute approximate surface area is 94.2 Å². The van der Waals surface area contributed by atoms with Crippen molar-refractivity contribution in [3.8, 4) is 5.88 Å². The van der Waals surface area contributed by atoms with E-state index in [1.54, 1.807) is 7.11 Å². The standard InChI is InChI=1S/C10H14ClN3O/c1-14-5-3-4-8-7(6-14)9(15-2)13-10(11)12-8/h3-6H2,1-2H3. The highest BCUT2D eigenvalue weighted by Gasteiger charge is 2.18. The van der Waals surface area contributed by atoms with Gasteiger partial charge < -0.3 is 9.64 Å². The van der Waals surface area contributed by atoms with Crippen LogP contribution in [0.2, 0.25) is 5.28 Å². The second-order valence-corrected chi connectivity index (χ2v) is 4.11. The Balaban J connectivity index is 2.46. The average molecular weight is 228 g/mol. The van der Waals surface area contributed by atoms with Crippen molar-refractivity contribution in [1.29, 1.82) is 0 Å². The number of ether oxygens (including phenoxy) is 1. The van der Waals surface area contributed by atoms with E-state index in [2.05, 4.69) is 21.9 Å². The molecule has 82 valence electrons. The summed E-state index contributed by atoms with van der Waals surface area (Å²) < 4.78 is 5.24. The van der Waals surface area contributed by atoms with E-state index in [1.807, 2.05) is 0 Å². The van der Waals surface area contributed by atoms with Gasteiger partial charge in [-0.3, -0.25) is 0 Å². The van der Waals surface area contributed by atoms with Crippen LogP contribution >= 0.6 is 11.6 Å². The van der Waals surface area contributed by atoms with Gasteiger partial charge in [0.15, 0.2) is 0 Å². The van der Waals surface area contributed by atoms with E-state index in [0.717, 1.165) is 37.2 Å². The van der Waals surface area contributed by atoms with Crippen molar-refractivity contribution < 1.29 is 4.74 Å². The number of methoxy groups -OCH3 is 1. The second-order valence-electron chi connectivity index (χ2n) is 3.77. The Morgan fingerprint density at radius 1 is 1.40 bits per heavy atom. The lowest BCUT2D eigenvalue weighted by atomic mass is 10.1. The van der Waals surface area contributed by atoms with Crippen molar-refractivity contribution in [2.45, 2.75) is 19.4 Å². The van der Waals surface area contributed by atoms with Crippen molar-refractivity contribution >= 4 is 11.6 Å². The third-order valence-electron chi connectivity index (χ3n) is 2.60. The first-order valence-corrected chi connectivity index (χ1v) is 5.36. The first kappa shape index (κ1) is 10.6. The van der Waals surface area contributed by atoms with E-state index in [1.165, 1.54) is 0 Å². The van der Waals surface area contributed by atoms with Gasteiger partial charge >= 0.3 is 0 Å². The van der Waals surface area contributed by atoms with Crippen LogP contribution in [0.1, 0.15) is 17.7 Å². The number of hydrogen-bond acceptors (Lipinski definition) is 4. The summed E-state index contributed by atoms with van der Waals surface area (Å²) in [7, 11) is 3.70. The van der Waals surface area contributed by atoms with Crippen molar-refractivity contribution in [2.24, 2.45) is 0 Å². The van der Waals surface area contributed by atoms with Gasteiger partial charge in [0.1, 0.15) is 0 Å². The molecule has 0 unspecified atom stereocenters. The van der Waals surface area contributed by atoms with Crippen LogP contribution in [0.15, 0.2) is 0 Å². The predicted molar refractivity (Wildman–Crippen MR) is 58.2 cm³/mol. The lowest BCUT2D eigenvalue weighted by molar-refractivity contribution is 0.320. The molecule has 1 aliphatic rings. The Morgan fingerprint density at radius 3 is 2.93 bits per heavy atom. The maximum atomic E-state index is 5.83. The van der Waals surface area contributed by atoms with Crippen LogP contribution in [-0.4, -0.2) is 35.6 Å². The Bertz CT molecular complexity index is 370. The normalized spacial score (nSPS) is 17.0. The topological polar surface area (TPSA) is 38.3 Å². The molecule has 0 N–H and O–H groups in total. The second kappa shape index (κ2) is 4.33. The van der Waals surface area contributed by atoms with E-state index in [-0.39, 0.29) is 5.28 Å². The molecule has 1 aromatic rings. The fraction of sp³-hybridized carbons (Fsp3) is 0.600. The third kappa shape index (κ3) is 2.21. The fourth-order valence-corrected chi connectivity index (χ4v) is 2.06. The zero-order valence-electron chi connectivity index (χ0n) is 8.96. The first-order valence-electron chi connectivity index (χ1n) is 4.98. The average Bonchev–Trinajstić information content (AvgIpc) is 2.38. The quantitative estimate of drug-likeness (QED) is 0.682. The lowest BCUT2D eigenvalue weighted by Gasteiger charge is -2.14. The van der Waals surface area contributed by atoms with E-state index < -0.39 is 0 Å². The molecule has 5 heteroatoms. The minimum absolute atomic E-state index is 0.273. The van der Waals surface area contributed by atoms with Crippen molar-refractivity contribution in [1.82, 2.24) is 14.9 Å². The summed E-state index contributed by atoms with van der Waals surface area (Å²) in [6.45, 7) is 1.90. The van der Waals surface area contributed by atoms with Gasteiger partial charge in [-0.05, 0) is 38.0 Å². The molecule has 0 aliphatic carbocycles. The van der Waals surface area contributed by atoms with Gasteiger partial charge in [0.25, 0.3) is 0 Å². The van der Waals surface area contributed by atoms with Gasteiger partial charge in [0.05, 0.1) is 12.8 Å². The molecule has 1 aromatic heterocycles. The van der Waals surface area contributed by atoms with Crippen LogP contribution in [0.25, 0.3) is 0 Å². The summed E-state index contributed by atoms with van der Waals surface area (Å²) in [6.07, 6.45) is 2.04. The number of nitrogens with zero attached hydrogens (tertiary/aromatic N) is 3. The third-order valence-corrected chi connectivity index (χ3v) is 2.77. The molecule has 0 spiro atoms. The van der Waals surface area contributed by atoms with Crippen LogP contribution in [0.5, 0.6) is 5.88 Å². The van der Waals surface area contributed by atoms with Crippen molar-refractivity contribution in [3.63, 3.8) is 0 Å². The molecule has 0 fully saturated rings. The Kier molecular flexibility index (Phi) is 3.07. The zero-order chi connectivity index (χ0) is 10.8. The first-order chi connectivity index (χ1) is 7.20. The molecular weight excluding hydrogens is 214 g/mol. The lowest BCUT2D eigenvalue weighted by Crippen LogP contribution is -2.17. The molecule has 0 atom stereocenters. The molecule has 2 heterocycles. The molecule has 0 saturated heterocycles. The van der Waals surface area contributed by atoms with Gasteiger partial charge in [-0.15, -0.1) is 0 Å². The number of halogens is 1. The van der Waals surface area contributed by atoms with Crippen LogP contribution in [0, 0.1) is 0 Å². The van der Waals surface area contributed by atoms with Gasteiger partial charge in [0.2, 0.25) is 11.2 Å². The largest absolute Gasteiger partial charge is 0.481 e. The smallest absolute Gasteiger partial charge is 0.225 e. The van der Waals surface area contributed by atoms with Gasteiger partial charge in [0, 0.05) is 12.1 Å². The summed E-state index contributed by atoms with van der Waals surface area (Å²) in [5.41, 5.74) is 2.10. The number of hydrogen-bond donors (Lipinski definition) is 0. The van der Waals surface area contributed by atoms with E-state index in [9.17, 15) is 0 Å². The minimum Gasteiger partial charge on any atom is -0.481 e. The predicted octanol–water partition coefficient (Wildman–Crippen LogP) is 1.52. The van der Waals surface area contributed by atoms with Gasteiger partial charge in [-0.1, -0.05) is 0 Å². The van der Waals surface area contributed by atoms with Crippen LogP contribution in [0.4, 0.5) is 0 Å². The molecule has 0 bridgehead atoms. The monoisotopic (exact) mass is 227 g/mol. The molecule has 0 amide bonds. The maximum Gasteiger partial charge on any atom is 0.225 e. The van der Waals surface area contributed by atoms with E-state index in [4.69, 9.17) is 16.3 Å². The molecule has 0 radical (unpaired) electrons.